The lowest BCUT2D eigenvalue weighted by Gasteiger charge is -2.42. The van der Waals surface area contributed by atoms with Gasteiger partial charge in [0.1, 0.15) is 35.0 Å². The third-order valence-corrected chi connectivity index (χ3v) is 7.63. The summed E-state index contributed by atoms with van der Waals surface area (Å²) in [5.41, 5.74) is 1.03. The third kappa shape index (κ3) is 7.95. The van der Waals surface area contributed by atoms with Crippen molar-refractivity contribution in [2.45, 2.75) is 43.5 Å². The van der Waals surface area contributed by atoms with Crippen LogP contribution in [0.2, 0.25) is 0 Å². The molecule has 3 N–H and O–H groups in total. The van der Waals surface area contributed by atoms with E-state index in [9.17, 15) is 29.7 Å². The number of rotatable bonds is 12. The molecule has 0 aliphatic carbocycles. The van der Waals surface area contributed by atoms with Crippen LogP contribution in [0, 0.1) is 0 Å². The Morgan fingerprint density at radius 3 is 1.94 bits per heavy atom. The van der Waals surface area contributed by atoms with Crippen LogP contribution >= 0.6 is 0 Å². The van der Waals surface area contributed by atoms with E-state index in [4.69, 9.17) is 23.7 Å². The van der Waals surface area contributed by atoms with Crippen LogP contribution in [0.3, 0.4) is 0 Å². The van der Waals surface area contributed by atoms with Crippen LogP contribution in [0.1, 0.15) is 43.1 Å². The first-order valence-electron chi connectivity index (χ1n) is 14.9. The molecule has 1 aliphatic rings. The van der Waals surface area contributed by atoms with Crippen molar-refractivity contribution in [2.75, 3.05) is 13.7 Å². The predicted octanol–water partition coefficient (Wildman–Crippen LogP) is 4.12. The van der Waals surface area contributed by atoms with Gasteiger partial charge in [0.2, 0.25) is 12.4 Å². The molecule has 0 bridgehead atoms. The number of aromatic hydroxyl groups is 1. The molecule has 11 nitrogen and oxygen atoms in total. The first-order chi connectivity index (χ1) is 22.8. The summed E-state index contributed by atoms with van der Waals surface area (Å²) in [6.07, 6.45) is -7.39. The molecule has 0 aromatic heterocycles. The van der Waals surface area contributed by atoms with Crippen LogP contribution in [0.25, 0.3) is 0 Å². The fraction of sp³-hybridized carbons (Fsp3) is 0.250. The van der Waals surface area contributed by atoms with Gasteiger partial charge in [0, 0.05) is 6.42 Å². The van der Waals surface area contributed by atoms with Crippen molar-refractivity contribution in [3.63, 3.8) is 0 Å². The quantitative estimate of drug-likeness (QED) is 0.151. The van der Waals surface area contributed by atoms with E-state index >= 15 is 0 Å². The molecule has 1 saturated heterocycles. The lowest BCUT2D eigenvalue weighted by molar-refractivity contribution is -0.276. The number of hydrogen-bond donors (Lipinski definition) is 3. The zero-order chi connectivity index (χ0) is 33.3. The van der Waals surface area contributed by atoms with Crippen molar-refractivity contribution >= 4 is 17.7 Å². The predicted molar refractivity (Wildman–Crippen MR) is 167 cm³/mol. The Kier molecular flexibility index (Phi) is 10.8. The van der Waals surface area contributed by atoms with E-state index in [1.807, 2.05) is 12.1 Å². The van der Waals surface area contributed by atoms with Crippen molar-refractivity contribution in [1.82, 2.24) is 0 Å². The molecule has 1 fully saturated rings. The minimum absolute atomic E-state index is 0.00744. The van der Waals surface area contributed by atoms with Crippen molar-refractivity contribution in [1.29, 1.82) is 0 Å². The minimum atomic E-state index is -1.64. The molecule has 0 amide bonds. The number of phenolic OH excluding ortho intramolecular Hbond substituents is 1. The molecule has 244 valence electrons. The van der Waals surface area contributed by atoms with Crippen LogP contribution in [-0.2, 0) is 20.6 Å². The molecule has 1 heterocycles. The summed E-state index contributed by atoms with van der Waals surface area (Å²) in [7, 11) is 1.56. The molecule has 5 rings (SSSR count). The number of carbonyl (C=O) groups excluding carboxylic acids is 3. The van der Waals surface area contributed by atoms with Crippen LogP contribution in [0.5, 0.6) is 17.2 Å². The molecule has 1 aliphatic heterocycles. The van der Waals surface area contributed by atoms with Crippen LogP contribution in [0.4, 0.5) is 0 Å². The summed E-state index contributed by atoms with van der Waals surface area (Å²) in [4.78, 5) is 39.9. The van der Waals surface area contributed by atoms with Crippen molar-refractivity contribution in [3.05, 3.63) is 125 Å². The highest BCUT2D eigenvalue weighted by Crippen LogP contribution is 2.34. The molecular weight excluding hydrogens is 608 g/mol. The van der Waals surface area contributed by atoms with E-state index < -0.39 is 55.0 Å². The number of aryl methyl sites for hydroxylation is 1. The molecule has 4 aromatic rings. The number of phenols is 1. The Hall–Kier alpha value is -5.23. The standard InChI is InChI=1S/C36H34O11/c1-43-25-18-15-22(16-19-25)17-20-27(39)30-26(38)13-8-14-28(30)44-36-33(47-35(42)24-11-6-3-7-12-24)32(31(40)29(21-37)45-36)46-34(41)23-9-4-2-5-10-23/h2-16,18-19,29,31-33,36-38,40H,17,20-21H2,1H3/t29-,31-,32+,33-,36-/m1/s1. The Morgan fingerprint density at radius 1 is 0.766 bits per heavy atom. The van der Waals surface area contributed by atoms with E-state index in [0.29, 0.717) is 12.2 Å². The van der Waals surface area contributed by atoms with Gasteiger partial charge in [-0.05, 0) is 60.5 Å². The molecule has 0 saturated carbocycles. The number of ketones is 1. The van der Waals surface area contributed by atoms with Gasteiger partial charge in [-0.3, -0.25) is 4.79 Å². The topological polar surface area (TPSA) is 158 Å². The van der Waals surface area contributed by atoms with Gasteiger partial charge >= 0.3 is 11.9 Å². The van der Waals surface area contributed by atoms with Crippen LogP contribution in [0.15, 0.2) is 103 Å². The van der Waals surface area contributed by atoms with Crippen molar-refractivity contribution in [3.8, 4) is 17.2 Å². The van der Waals surface area contributed by atoms with Crippen molar-refractivity contribution < 1.29 is 53.4 Å². The fourth-order valence-electron chi connectivity index (χ4n) is 5.13. The molecule has 11 heteroatoms. The molecule has 4 aromatic carbocycles. The first kappa shape index (κ1) is 33.1. The van der Waals surface area contributed by atoms with Gasteiger partial charge in [0.15, 0.2) is 11.9 Å². The SMILES string of the molecule is COc1ccc(CCC(=O)c2c(O)cccc2O[C@@H]2O[C@H](CO)[C@@H](O)[C@H](OC(=O)c3ccccc3)[C@H]2OC(=O)c2ccccc2)cc1. The van der Waals surface area contributed by atoms with Gasteiger partial charge in [-0.2, -0.15) is 0 Å². The van der Waals surface area contributed by atoms with Gasteiger partial charge in [0.25, 0.3) is 0 Å². The monoisotopic (exact) mass is 642 g/mol. The van der Waals surface area contributed by atoms with Crippen LogP contribution in [-0.4, -0.2) is 77.5 Å². The molecule has 5 atom stereocenters. The Morgan fingerprint density at radius 2 is 1.36 bits per heavy atom. The summed E-state index contributed by atoms with van der Waals surface area (Å²) in [5, 5.41) is 32.0. The zero-order valence-corrected chi connectivity index (χ0v) is 25.4. The average molecular weight is 643 g/mol. The highest BCUT2D eigenvalue weighted by Gasteiger charge is 2.51. The van der Waals surface area contributed by atoms with Gasteiger partial charge in [-0.15, -0.1) is 0 Å². The van der Waals surface area contributed by atoms with Gasteiger partial charge < -0.3 is 39.0 Å². The van der Waals surface area contributed by atoms with E-state index in [0.717, 1.165) is 5.56 Å². The third-order valence-electron chi connectivity index (χ3n) is 7.63. The first-order valence-corrected chi connectivity index (χ1v) is 14.9. The zero-order valence-electron chi connectivity index (χ0n) is 25.4. The Labute approximate surface area is 270 Å². The maximum absolute atomic E-state index is 13.5. The molecular formula is C36H34O11. The largest absolute Gasteiger partial charge is 0.507 e. The Balaban J connectivity index is 1.45. The normalized spacial score (nSPS) is 20.5. The molecule has 0 spiro atoms. The summed E-state index contributed by atoms with van der Waals surface area (Å²) in [6, 6.07) is 27.4. The van der Waals surface area contributed by atoms with E-state index in [1.54, 1.807) is 55.6 Å². The molecule has 0 radical (unpaired) electrons. The van der Waals surface area contributed by atoms with Gasteiger partial charge in [0.05, 0.1) is 24.8 Å². The number of Topliss-reactive ketones (excluding diaryl/α,β-unsaturated/α-hetero) is 1. The van der Waals surface area contributed by atoms with Crippen molar-refractivity contribution in [2.24, 2.45) is 0 Å². The summed E-state index contributed by atoms with van der Waals surface area (Å²) in [6.45, 7) is -0.715. The second kappa shape index (κ2) is 15.4. The molecule has 0 unspecified atom stereocenters. The number of hydrogen-bond acceptors (Lipinski definition) is 11. The maximum atomic E-state index is 13.5. The summed E-state index contributed by atoms with van der Waals surface area (Å²) in [5.74, 6) is -1.92. The lowest BCUT2D eigenvalue weighted by Crippen LogP contribution is -2.62. The average Bonchev–Trinajstić information content (AvgIpc) is 3.10. The number of carbonyl (C=O) groups is 3. The molecule has 47 heavy (non-hydrogen) atoms. The number of methoxy groups -OCH3 is 1. The highest BCUT2D eigenvalue weighted by atomic mass is 16.7. The second-order valence-corrected chi connectivity index (χ2v) is 10.7. The highest BCUT2D eigenvalue weighted by molar-refractivity contribution is 6.01. The summed E-state index contributed by atoms with van der Waals surface area (Å²) < 4.78 is 28.6. The lowest BCUT2D eigenvalue weighted by atomic mass is 9.98. The smallest absolute Gasteiger partial charge is 0.338 e. The van der Waals surface area contributed by atoms with Crippen LogP contribution < -0.4 is 9.47 Å². The Bertz CT molecular complexity index is 1660. The second-order valence-electron chi connectivity index (χ2n) is 10.7. The number of aliphatic hydroxyl groups is 2. The van der Waals surface area contributed by atoms with E-state index in [-0.39, 0.29) is 34.6 Å². The van der Waals surface area contributed by atoms with E-state index in [2.05, 4.69) is 0 Å². The minimum Gasteiger partial charge on any atom is -0.507 e. The van der Waals surface area contributed by atoms with E-state index in [1.165, 1.54) is 42.5 Å². The maximum Gasteiger partial charge on any atom is 0.338 e. The van der Waals surface area contributed by atoms with Gasteiger partial charge in [-0.25, -0.2) is 9.59 Å². The number of ether oxygens (including phenoxy) is 5. The summed E-state index contributed by atoms with van der Waals surface area (Å²) >= 11 is 0. The fourth-order valence-corrected chi connectivity index (χ4v) is 5.13. The number of esters is 2. The van der Waals surface area contributed by atoms with Gasteiger partial charge in [-0.1, -0.05) is 54.6 Å². The number of aliphatic hydroxyl groups excluding tert-OH is 2. The number of benzene rings is 4.